The lowest BCUT2D eigenvalue weighted by Crippen LogP contribution is -3.13. The molecule has 0 aromatic rings. The highest BCUT2D eigenvalue weighted by Crippen LogP contribution is 1.92. The summed E-state index contributed by atoms with van der Waals surface area (Å²) in [5.41, 5.74) is 0. The number of nitrogens with zero attached hydrogens (tertiary/aromatic N) is 2. The molecule has 0 aromatic heterocycles. The highest BCUT2D eigenvalue weighted by molar-refractivity contribution is 5.71. The second kappa shape index (κ2) is 18.7. The van der Waals surface area contributed by atoms with E-state index in [1.165, 1.54) is 0 Å². The van der Waals surface area contributed by atoms with E-state index >= 15 is 0 Å². The third-order valence-electron chi connectivity index (χ3n) is 3.54. The quantitative estimate of drug-likeness (QED) is 0.165. The molecular formula is C16H28N3O11-3. The number of aliphatic hydroxyl groups is 3. The minimum Gasteiger partial charge on any atom is -0.549 e. The van der Waals surface area contributed by atoms with Crippen LogP contribution in [-0.2, 0) is 19.2 Å². The first kappa shape index (κ1) is 29.8. The molecule has 30 heavy (non-hydrogen) atoms. The molecule has 0 saturated carbocycles. The molecule has 14 nitrogen and oxygen atoms in total. The first-order valence-corrected chi connectivity index (χ1v) is 8.95. The van der Waals surface area contributed by atoms with Crippen molar-refractivity contribution in [3.8, 4) is 0 Å². The van der Waals surface area contributed by atoms with Gasteiger partial charge in [0.15, 0.2) is 0 Å². The van der Waals surface area contributed by atoms with Gasteiger partial charge in [-0.2, -0.15) is 0 Å². The van der Waals surface area contributed by atoms with Gasteiger partial charge in [-0.3, -0.25) is 9.80 Å². The third kappa shape index (κ3) is 20.4. The van der Waals surface area contributed by atoms with Crippen LogP contribution in [0.5, 0.6) is 0 Å². The predicted molar refractivity (Wildman–Crippen MR) is 89.7 cm³/mol. The van der Waals surface area contributed by atoms with Crippen LogP contribution in [0.2, 0.25) is 0 Å². The molecule has 0 rings (SSSR count). The van der Waals surface area contributed by atoms with Gasteiger partial charge < -0.3 is 59.8 Å². The number of carbonyl (C=O) groups excluding carboxylic acids is 4. The number of hydrogen-bond donors (Lipinski definition) is 4. The lowest BCUT2D eigenvalue weighted by molar-refractivity contribution is -0.901. The van der Waals surface area contributed by atoms with Crippen LogP contribution in [0.3, 0.4) is 0 Å². The van der Waals surface area contributed by atoms with E-state index in [-0.39, 0.29) is 32.9 Å². The molecule has 0 spiro atoms. The lowest BCUT2D eigenvalue weighted by atomic mass is 10.4. The van der Waals surface area contributed by atoms with E-state index in [9.17, 15) is 39.6 Å². The van der Waals surface area contributed by atoms with Crippen molar-refractivity contribution in [3.63, 3.8) is 0 Å². The summed E-state index contributed by atoms with van der Waals surface area (Å²) in [6.07, 6.45) is 0. The van der Waals surface area contributed by atoms with Crippen molar-refractivity contribution >= 4 is 23.9 Å². The van der Waals surface area contributed by atoms with Crippen molar-refractivity contribution in [2.24, 2.45) is 0 Å². The largest absolute Gasteiger partial charge is 0.549 e. The summed E-state index contributed by atoms with van der Waals surface area (Å²) in [6.45, 7) is -1.14. The standard InChI is InChI=1S/C10H16N2O8.C6H15NO3/c13-7(14)3-11(4-8(15)16)1-2-12(5-9(17)18)6-10(19)20;8-4-1-7(2-5-9)3-6-10/h1-6H2,(H,13,14)(H,15,16)(H,17,18)(H,19,20);8-10H,1-6H2/p-3. The summed E-state index contributed by atoms with van der Waals surface area (Å²) in [5, 5.41) is 67.1. The molecule has 4 N–H and O–H groups in total. The predicted octanol–water partition coefficient (Wildman–Crippen LogP) is -10.6. The summed E-state index contributed by atoms with van der Waals surface area (Å²) < 4.78 is 0. The number of carboxylic acids is 4. The van der Waals surface area contributed by atoms with E-state index in [1.54, 1.807) is 0 Å². The monoisotopic (exact) mass is 438 g/mol. The number of carbonyl (C=O) groups is 4. The minimum atomic E-state index is -1.53. The van der Waals surface area contributed by atoms with E-state index < -0.39 is 50.1 Å². The Morgan fingerprint density at radius 1 is 0.567 bits per heavy atom. The van der Waals surface area contributed by atoms with Crippen LogP contribution in [0, 0.1) is 0 Å². The maximum absolute atomic E-state index is 10.4. The summed E-state index contributed by atoms with van der Waals surface area (Å²) in [5.74, 6) is -6.12. The maximum Gasteiger partial charge on any atom is 0.101 e. The normalized spacial score (nSPS) is 10.7. The Bertz CT molecular complexity index is 436. The van der Waals surface area contributed by atoms with Crippen molar-refractivity contribution in [3.05, 3.63) is 0 Å². The Morgan fingerprint density at radius 3 is 0.967 bits per heavy atom. The molecule has 0 aliphatic heterocycles. The molecule has 0 unspecified atom stereocenters. The number of rotatable bonds is 17. The van der Waals surface area contributed by atoms with Crippen LogP contribution in [0.1, 0.15) is 0 Å². The van der Waals surface area contributed by atoms with Gasteiger partial charge in [0.05, 0.1) is 43.7 Å². The number of nitrogens with one attached hydrogen (secondary N) is 1. The average molecular weight is 438 g/mol. The Kier molecular flexibility index (Phi) is 18.6. The lowest BCUT2D eigenvalue weighted by Gasteiger charge is -2.28. The van der Waals surface area contributed by atoms with E-state index in [2.05, 4.69) is 0 Å². The maximum atomic E-state index is 10.4. The minimum absolute atomic E-state index is 0.106. The highest BCUT2D eigenvalue weighted by Gasteiger charge is 2.10. The molecule has 0 radical (unpaired) electrons. The SMILES string of the molecule is O=C([O-])CN(CCN(CC(=O)[O-])CC(=O)[O-])CC(=O)[O-].OCC[NH+](CCO)CCO. The molecule has 14 heteroatoms. The van der Waals surface area contributed by atoms with Crippen molar-refractivity contribution in [1.82, 2.24) is 9.80 Å². The number of quaternary nitrogens is 1. The van der Waals surface area contributed by atoms with E-state index in [0.717, 1.165) is 14.7 Å². The second-order valence-corrected chi connectivity index (χ2v) is 6.08. The van der Waals surface area contributed by atoms with Gasteiger partial charge in [-0.05, 0) is 0 Å². The van der Waals surface area contributed by atoms with Gasteiger partial charge >= 0.3 is 0 Å². The van der Waals surface area contributed by atoms with Gasteiger partial charge in [0.2, 0.25) is 0 Å². The van der Waals surface area contributed by atoms with Crippen molar-refractivity contribution < 1.29 is 59.8 Å². The van der Waals surface area contributed by atoms with Gasteiger partial charge in [0, 0.05) is 39.3 Å². The first-order chi connectivity index (χ1) is 14.0. The third-order valence-corrected chi connectivity index (χ3v) is 3.54. The molecular weight excluding hydrogens is 410 g/mol. The fourth-order valence-corrected chi connectivity index (χ4v) is 2.29. The molecule has 0 heterocycles. The Hall–Kier alpha value is -2.36. The molecule has 0 aromatic carbocycles. The van der Waals surface area contributed by atoms with Gasteiger partial charge in [-0.1, -0.05) is 0 Å². The van der Waals surface area contributed by atoms with Crippen LogP contribution < -0.4 is 25.3 Å². The average Bonchev–Trinajstić information content (AvgIpc) is 2.59. The van der Waals surface area contributed by atoms with Crippen LogP contribution in [0.15, 0.2) is 0 Å². The summed E-state index contributed by atoms with van der Waals surface area (Å²) in [7, 11) is 0. The highest BCUT2D eigenvalue weighted by atomic mass is 16.4. The fourth-order valence-electron chi connectivity index (χ4n) is 2.29. The fraction of sp³-hybridized carbons (Fsp3) is 0.750. The summed E-state index contributed by atoms with van der Waals surface area (Å²) in [6, 6.07) is 0. The molecule has 0 atom stereocenters. The molecule has 0 aliphatic carbocycles. The number of aliphatic carboxylic acids is 4. The van der Waals surface area contributed by atoms with Gasteiger partial charge in [-0.15, -0.1) is 0 Å². The number of carboxylic acid groups (broad SMARTS) is 4. The zero-order valence-corrected chi connectivity index (χ0v) is 16.5. The van der Waals surface area contributed by atoms with Gasteiger partial charge in [-0.25, -0.2) is 0 Å². The van der Waals surface area contributed by atoms with Gasteiger partial charge in [0.1, 0.15) is 19.6 Å². The number of hydrogen-bond acceptors (Lipinski definition) is 13. The van der Waals surface area contributed by atoms with Crippen molar-refractivity contribution in [2.45, 2.75) is 0 Å². The molecule has 0 fully saturated rings. The molecule has 0 aliphatic rings. The summed E-state index contributed by atoms with van der Waals surface area (Å²) in [4.78, 5) is 44.5. The Labute approximate surface area is 173 Å². The van der Waals surface area contributed by atoms with Crippen LogP contribution >= 0.6 is 0 Å². The van der Waals surface area contributed by atoms with E-state index in [4.69, 9.17) is 15.3 Å². The summed E-state index contributed by atoms with van der Waals surface area (Å²) >= 11 is 0. The van der Waals surface area contributed by atoms with Crippen LogP contribution in [-0.4, -0.2) is 128 Å². The molecule has 0 saturated heterocycles. The smallest absolute Gasteiger partial charge is 0.101 e. The van der Waals surface area contributed by atoms with Crippen LogP contribution in [0.25, 0.3) is 0 Å². The topological polar surface area (TPSA) is 232 Å². The van der Waals surface area contributed by atoms with E-state index in [0.29, 0.717) is 19.6 Å². The molecule has 176 valence electrons. The zero-order chi connectivity index (χ0) is 23.5. The number of aliphatic hydroxyl groups excluding tert-OH is 3. The molecule has 0 amide bonds. The van der Waals surface area contributed by atoms with E-state index in [1.807, 2.05) is 0 Å². The van der Waals surface area contributed by atoms with Crippen molar-refractivity contribution in [1.29, 1.82) is 0 Å². The van der Waals surface area contributed by atoms with Gasteiger partial charge in [0.25, 0.3) is 0 Å². The first-order valence-electron chi connectivity index (χ1n) is 8.95. The van der Waals surface area contributed by atoms with Crippen LogP contribution in [0.4, 0.5) is 0 Å². The Balaban J connectivity index is 0. The Morgan fingerprint density at radius 2 is 0.800 bits per heavy atom. The molecule has 0 bridgehead atoms. The van der Waals surface area contributed by atoms with Crippen molar-refractivity contribution in [2.75, 3.05) is 78.7 Å². The zero-order valence-electron chi connectivity index (χ0n) is 16.5. The second-order valence-electron chi connectivity index (χ2n) is 6.08.